The summed E-state index contributed by atoms with van der Waals surface area (Å²) < 4.78 is 5.21. The molecule has 3 rings (SSSR count). The Morgan fingerprint density at radius 2 is 1.96 bits per heavy atom. The van der Waals surface area contributed by atoms with Crippen LogP contribution in [0.3, 0.4) is 0 Å². The summed E-state index contributed by atoms with van der Waals surface area (Å²) in [6.07, 6.45) is 0. The van der Waals surface area contributed by atoms with Crippen LogP contribution in [0.1, 0.15) is 27.2 Å². The molecule has 1 aromatic heterocycles. The summed E-state index contributed by atoms with van der Waals surface area (Å²) in [6, 6.07) is 12.4. The van der Waals surface area contributed by atoms with Gasteiger partial charge in [0.25, 0.3) is 5.69 Å². The van der Waals surface area contributed by atoms with Crippen LogP contribution in [-0.2, 0) is 11.3 Å². The Kier molecular flexibility index (Phi) is 5.46. The Balaban J connectivity index is 1.65. The molecule has 0 fully saturated rings. The molecule has 8 heteroatoms. The molecule has 0 aliphatic heterocycles. The lowest BCUT2D eigenvalue weighted by molar-refractivity contribution is -0.385. The number of thiazole rings is 1. The first-order chi connectivity index (χ1) is 12.9. The Labute approximate surface area is 159 Å². The lowest BCUT2D eigenvalue weighted by atomic mass is 10.1. The summed E-state index contributed by atoms with van der Waals surface area (Å²) in [6.45, 7) is 3.53. The van der Waals surface area contributed by atoms with Gasteiger partial charge < -0.3 is 10.1 Å². The van der Waals surface area contributed by atoms with E-state index >= 15 is 0 Å². The van der Waals surface area contributed by atoms with Gasteiger partial charge >= 0.3 is 5.97 Å². The minimum Gasteiger partial charge on any atom is -0.455 e. The van der Waals surface area contributed by atoms with E-state index in [0.29, 0.717) is 16.4 Å². The minimum absolute atomic E-state index is 0.0595. The molecule has 0 saturated carbocycles. The number of ether oxygens (including phenoxy) is 1. The predicted molar refractivity (Wildman–Crippen MR) is 104 cm³/mol. The molecule has 3 aromatic rings. The van der Waals surface area contributed by atoms with Crippen molar-refractivity contribution in [3.63, 3.8) is 0 Å². The lowest BCUT2D eigenvalue weighted by Gasteiger charge is -2.05. The van der Waals surface area contributed by atoms with Gasteiger partial charge in [0.2, 0.25) is 0 Å². The van der Waals surface area contributed by atoms with Crippen LogP contribution in [0.4, 0.5) is 16.5 Å². The normalized spacial score (nSPS) is 10.4. The zero-order valence-corrected chi connectivity index (χ0v) is 15.6. The van der Waals surface area contributed by atoms with Crippen molar-refractivity contribution in [1.82, 2.24) is 4.98 Å². The number of rotatable bonds is 6. The number of benzene rings is 2. The lowest BCUT2D eigenvalue weighted by Crippen LogP contribution is -2.09. The molecule has 0 radical (unpaired) electrons. The highest BCUT2D eigenvalue weighted by atomic mass is 32.1. The summed E-state index contributed by atoms with van der Waals surface area (Å²) in [5.41, 5.74) is 2.76. The Hall–Kier alpha value is -3.26. The summed E-state index contributed by atoms with van der Waals surface area (Å²) in [7, 11) is 0. The van der Waals surface area contributed by atoms with Gasteiger partial charge in [-0.15, -0.1) is 11.3 Å². The van der Waals surface area contributed by atoms with Gasteiger partial charge in [0.05, 0.1) is 10.6 Å². The third-order valence-corrected chi connectivity index (χ3v) is 4.65. The van der Waals surface area contributed by atoms with Crippen LogP contribution < -0.4 is 5.32 Å². The number of carbonyl (C=O) groups excluding carboxylic acids is 1. The van der Waals surface area contributed by atoms with Crippen LogP contribution in [0.25, 0.3) is 0 Å². The van der Waals surface area contributed by atoms with Crippen molar-refractivity contribution < 1.29 is 14.5 Å². The van der Waals surface area contributed by atoms with Gasteiger partial charge in [-0.2, -0.15) is 0 Å². The van der Waals surface area contributed by atoms with Gasteiger partial charge in [-0.3, -0.25) is 10.1 Å². The number of hydrogen-bond donors (Lipinski definition) is 1. The van der Waals surface area contributed by atoms with Gasteiger partial charge in [0, 0.05) is 16.6 Å². The maximum absolute atomic E-state index is 12.3. The molecule has 0 unspecified atom stereocenters. The second-order valence-electron chi connectivity index (χ2n) is 5.94. The molecule has 1 N–H and O–H groups in total. The first-order valence-corrected chi connectivity index (χ1v) is 9.01. The highest BCUT2D eigenvalue weighted by molar-refractivity contribution is 7.13. The summed E-state index contributed by atoms with van der Waals surface area (Å²) in [5, 5.41) is 16.8. The fourth-order valence-corrected chi connectivity index (χ4v) is 3.19. The van der Waals surface area contributed by atoms with Crippen molar-refractivity contribution in [3.05, 3.63) is 80.3 Å². The number of para-hydroxylation sites is 1. The molecule has 1 heterocycles. The predicted octanol–water partition coefficient (Wildman–Crippen LogP) is 4.77. The Morgan fingerprint density at radius 3 is 2.67 bits per heavy atom. The summed E-state index contributed by atoms with van der Waals surface area (Å²) >= 11 is 1.38. The van der Waals surface area contributed by atoms with Gasteiger partial charge in [-0.1, -0.05) is 29.8 Å². The third kappa shape index (κ3) is 4.48. The van der Waals surface area contributed by atoms with Crippen LogP contribution in [0.15, 0.2) is 47.8 Å². The maximum Gasteiger partial charge on any atom is 0.345 e. The molecular formula is C19H17N3O4S. The van der Waals surface area contributed by atoms with Crippen LogP contribution >= 0.6 is 11.3 Å². The summed E-state index contributed by atoms with van der Waals surface area (Å²) in [4.78, 5) is 27.3. The average Bonchev–Trinajstić information content (AvgIpc) is 3.08. The summed E-state index contributed by atoms with van der Waals surface area (Å²) in [5.74, 6) is -0.744. The maximum atomic E-state index is 12.3. The van der Waals surface area contributed by atoms with Gasteiger partial charge in [-0.25, -0.2) is 9.78 Å². The van der Waals surface area contributed by atoms with Crippen LogP contribution in [0, 0.1) is 24.0 Å². The topological polar surface area (TPSA) is 94.4 Å². The number of anilines is 2. The molecule has 0 atom stereocenters. The fraction of sp³-hybridized carbons (Fsp3) is 0.158. The smallest absolute Gasteiger partial charge is 0.345 e. The van der Waals surface area contributed by atoms with Gasteiger partial charge in [0.15, 0.2) is 5.13 Å². The highest BCUT2D eigenvalue weighted by Crippen LogP contribution is 2.25. The van der Waals surface area contributed by atoms with E-state index < -0.39 is 10.9 Å². The molecule has 138 valence electrons. The second kappa shape index (κ2) is 7.96. The van der Waals surface area contributed by atoms with E-state index in [1.54, 1.807) is 24.4 Å². The van der Waals surface area contributed by atoms with Crippen molar-refractivity contribution in [2.45, 2.75) is 20.5 Å². The van der Waals surface area contributed by atoms with E-state index in [2.05, 4.69) is 10.3 Å². The zero-order chi connectivity index (χ0) is 19.4. The molecule has 0 spiro atoms. The number of nitro benzene ring substituents is 1. The van der Waals surface area contributed by atoms with Crippen molar-refractivity contribution >= 4 is 33.8 Å². The van der Waals surface area contributed by atoms with Crippen molar-refractivity contribution in [1.29, 1.82) is 0 Å². The zero-order valence-electron chi connectivity index (χ0n) is 14.8. The SMILES string of the molecule is Cc1ccc(Nc2nc(COC(=O)c3cccc(C)c3[N+](=O)[O-])cs2)cc1. The highest BCUT2D eigenvalue weighted by Gasteiger charge is 2.23. The van der Waals surface area contributed by atoms with Crippen LogP contribution in [0.2, 0.25) is 0 Å². The number of aromatic nitrogens is 1. The molecule has 0 bridgehead atoms. The third-order valence-electron chi connectivity index (χ3n) is 3.85. The number of carbonyl (C=O) groups is 1. The van der Waals surface area contributed by atoms with E-state index in [-0.39, 0.29) is 17.9 Å². The molecular weight excluding hydrogens is 366 g/mol. The first kappa shape index (κ1) is 18.5. The van der Waals surface area contributed by atoms with E-state index in [4.69, 9.17) is 4.74 Å². The minimum atomic E-state index is -0.744. The molecule has 7 nitrogen and oxygen atoms in total. The molecule has 0 saturated heterocycles. The molecule has 0 amide bonds. The van der Waals surface area contributed by atoms with Gasteiger partial charge in [-0.05, 0) is 32.0 Å². The number of nitrogens with zero attached hydrogens (tertiary/aromatic N) is 2. The van der Waals surface area contributed by atoms with Crippen molar-refractivity contribution in [2.75, 3.05) is 5.32 Å². The number of nitrogens with one attached hydrogen (secondary N) is 1. The quantitative estimate of drug-likeness (QED) is 0.374. The van der Waals surface area contributed by atoms with Crippen molar-refractivity contribution in [2.24, 2.45) is 0 Å². The molecule has 0 aliphatic rings. The molecule has 2 aromatic carbocycles. The monoisotopic (exact) mass is 383 g/mol. The fourth-order valence-electron chi connectivity index (χ4n) is 2.47. The van der Waals surface area contributed by atoms with Gasteiger partial charge in [0.1, 0.15) is 12.2 Å². The number of nitro groups is 1. The van der Waals surface area contributed by atoms with E-state index in [0.717, 1.165) is 11.3 Å². The average molecular weight is 383 g/mol. The number of esters is 1. The first-order valence-electron chi connectivity index (χ1n) is 8.13. The van der Waals surface area contributed by atoms with Crippen LogP contribution in [-0.4, -0.2) is 15.9 Å². The van der Waals surface area contributed by atoms with E-state index in [9.17, 15) is 14.9 Å². The number of hydrogen-bond acceptors (Lipinski definition) is 7. The number of aryl methyl sites for hydroxylation is 2. The van der Waals surface area contributed by atoms with E-state index in [1.165, 1.54) is 17.4 Å². The standard InChI is InChI=1S/C19H17N3O4S/c1-12-6-8-14(9-7-12)20-19-21-15(11-27-19)10-26-18(23)16-5-3-4-13(2)17(16)22(24)25/h3-9,11H,10H2,1-2H3,(H,20,21). The molecule has 27 heavy (non-hydrogen) atoms. The van der Waals surface area contributed by atoms with Crippen molar-refractivity contribution in [3.8, 4) is 0 Å². The Bertz CT molecular complexity index is 983. The molecule has 0 aliphatic carbocycles. The van der Waals surface area contributed by atoms with E-state index in [1.807, 2.05) is 31.2 Å². The Morgan fingerprint density at radius 1 is 1.22 bits per heavy atom. The van der Waals surface area contributed by atoms with Crippen LogP contribution in [0.5, 0.6) is 0 Å². The largest absolute Gasteiger partial charge is 0.455 e. The second-order valence-corrected chi connectivity index (χ2v) is 6.80.